The van der Waals surface area contributed by atoms with Gasteiger partial charge in [0.05, 0.1) is 6.61 Å². The fourth-order valence-electron chi connectivity index (χ4n) is 6.72. The Kier molecular flexibility index (Phi) is 37.9. The Balaban J connectivity index is 3.94. The van der Waals surface area contributed by atoms with Crippen molar-refractivity contribution in [2.24, 2.45) is 0 Å². The molecule has 0 saturated carbocycles. The highest BCUT2D eigenvalue weighted by Crippen LogP contribution is 2.35. The molecule has 5 nitrogen and oxygen atoms in total. The molecule has 0 rings (SSSR count). The first-order valence-corrected chi connectivity index (χ1v) is 22.4. The molecule has 0 saturated heterocycles. The van der Waals surface area contributed by atoms with Crippen LogP contribution in [0, 0.1) is 0 Å². The number of hydrogen-bond donors (Lipinski definition) is 2. The molecular formula is C40H84NO4P. The standard InChI is InChI=1S/C40H84NO4P/c1-3-5-7-9-11-13-15-17-21-25-29-33-37-41(38-34-30-26-22-18-16-14-12-10-8-6-4-2)39-35-31-27-23-19-20-24-28-32-36-40-45-46(42,43)44/h3-40H2,1-2H3,(H2,42,43,44). The largest absolute Gasteiger partial charge is 0.469 e. The van der Waals surface area contributed by atoms with E-state index in [9.17, 15) is 4.57 Å². The van der Waals surface area contributed by atoms with E-state index in [0.29, 0.717) is 0 Å². The van der Waals surface area contributed by atoms with Crippen molar-refractivity contribution in [3.05, 3.63) is 0 Å². The quantitative estimate of drug-likeness (QED) is 0.0500. The Morgan fingerprint density at radius 2 is 0.587 bits per heavy atom. The van der Waals surface area contributed by atoms with Crippen LogP contribution in [-0.2, 0) is 9.09 Å². The lowest BCUT2D eigenvalue weighted by atomic mass is 10.0. The minimum atomic E-state index is -4.29. The molecule has 0 amide bonds. The van der Waals surface area contributed by atoms with Crippen molar-refractivity contribution in [3.63, 3.8) is 0 Å². The first-order valence-electron chi connectivity index (χ1n) is 20.9. The van der Waals surface area contributed by atoms with Crippen LogP contribution in [0.15, 0.2) is 0 Å². The van der Waals surface area contributed by atoms with Crippen LogP contribution in [0.3, 0.4) is 0 Å². The van der Waals surface area contributed by atoms with Gasteiger partial charge in [0, 0.05) is 0 Å². The van der Waals surface area contributed by atoms with Crippen LogP contribution >= 0.6 is 7.82 Å². The lowest BCUT2D eigenvalue weighted by molar-refractivity contribution is 0.193. The van der Waals surface area contributed by atoms with E-state index in [1.807, 2.05) is 0 Å². The third kappa shape index (κ3) is 40.2. The van der Waals surface area contributed by atoms with Crippen LogP contribution in [0.2, 0.25) is 0 Å². The molecule has 0 heterocycles. The molecule has 0 atom stereocenters. The van der Waals surface area contributed by atoms with Crippen molar-refractivity contribution < 1.29 is 18.9 Å². The zero-order valence-electron chi connectivity index (χ0n) is 31.5. The molecule has 278 valence electrons. The Morgan fingerprint density at radius 1 is 0.370 bits per heavy atom. The van der Waals surface area contributed by atoms with E-state index < -0.39 is 7.82 Å². The van der Waals surface area contributed by atoms with Gasteiger partial charge in [0.15, 0.2) is 0 Å². The molecule has 0 aliphatic carbocycles. The second kappa shape index (κ2) is 37.9. The van der Waals surface area contributed by atoms with Crippen LogP contribution in [0.4, 0.5) is 0 Å². The van der Waals surface area contributed by atoms with E-state index in [2.05, 4.69) is 23.3 Å². The second-order valence-corrected chi connectivity index (χ2v) is 15.7. The summed E-state index contributed by atoms with van der Waals surface area (Å²) in [6.07, 6.45) is 46.5. The van der Waals surface area contributed by atoms with Gasteiger partial charge in [0.1, 0.15) is 0 Å². The monoisotopic (exact) mass is 674 g/mol. The fourth-order valence-corrected chi connectivity index (χ4v) is 7.09. The zero-order valence-corrected chi connectivity index (χ0v) is 32.4. The molecule has 0 spiro atoms. The third-order valence-corrected chi connectivity index (χ3v) is 10.3. The average molecular weight is 674 g/mol. The number of unbranched alkanes of at least 4 members (excludes halogenated alkanes) is 31. The summed E-state index contributed by atoms with van der Waals surface area (Å²) in [5.74, 6) is 0. The molecule has 0 aromatic carbocycles. The van der Waals surface area contributed by atoms with E-state index in [1.54, 1.807) is 0 Å². The van der Waals surface area contributed by atoms with Crippen molar-refractivity contribution >= 4 is 7.82 Å². The first kappa shape index (κ1) is 46.1. The molecule has 0 radical (unpaired) electrons. The first-order chi connectivity index (χ1) is 22.5. The Morgan fingerprint density at radius 3 is 0.826 bits per heavy atom. The van der Waals surface area contributed by atoms with Gasteiger partial charge in [-0.1, -0.05) is 206 Å². The summed E-state index contributed by atoms with van der Waals surface area (Å²) >= 11 is 0. The lowest BCUT2D eigenvalue weighted by Gasteiger charge is -2.22. The summed E-state index contributed by atoms with van der Waals surface area (Å²) in [6, 6.07) is 0. The van der Waals surface area contributed by atoms with Gasteiger partial charge in [-0.2, -0.15) is 0 Å². The Labute approximate surface area is 289 Å². The third-order valence-electron chi connectivity index (χ3n) is 9.78. The van der Waals surface area contributed by atoms with E-state index in [1.165, 1.54) is 219 Å². The van der Waals surface area contributed by atoms with Crippen LogP contribution in [0.25, 0.3) is 0 Å². The van der Waals surface area contributed by atoms with Gasteiger partial charge in [-0.3, -0.25) is 4.52 Å². The summed E-state index contributed by atoms with van der Waals surface area (Å²) < 4.78 is 15.2. The second-order valence-electron chi connectivity index (χ2n) is 14.5. The molecule has 0 unspecified atom stereocenters. The van der Waals surface area contributed by atoms with Gasteiger partial charge < -0.3 is 14.7 Å². The molecule has 2 N–H and O–H groups in total. The number of phosphoric acid groups is 1. The van der Waals surface area contributed by atoms with Crippen molar-refractivity contribution in [2.75, 3.05) is 26.2 Å². The molecular weight excluding hydrogens is 589 g/mol. The highest BCUT2D eigenvalue weighted by atomic mass is 31.2. The Hall–Kier alpha value is 0.0700. The summed E-state index contributed by atoms with van der Waals surface area (Å²) in [5, 5.41) is 0. The van der Waals surface area contributed by atoms with Crippen molar-refractivity contribution in [1.82, 2.24) is 4.90 Å². The molecule has 0 aromatic heterocycles. The number of nitrogens with zero attached hydrogens (tertiary/aromatic N) is 1. The minimum absolute atomic E-state index is 0.167. The van der Waals surface area contributed by atoms with E-state index in [-0.39, 0.29) is 6.61 Å². The molecule has 6 heteroatoms. The van der Waals surface area contributed by atoms with Crippen molar-refractivity contribution in [1.29, 1.82) is 0 Å². The van der Waals surface area contributed by atoms with E-state index in [0.717, 1.165) is 19.3 Å². The zero-order chi connectivity index (χ0) is 33.7. The van der Waals surface area contributed by atoms with Crippen LogP contribution < -0.4 is 0 Å². The minimum Gasteiger partial charge on any atom is -0.303 e. The lowest BCUT2D eigenvalue weighted by Crippen LogP contribution is -2.27. The van der Waals surface area contributed by atoms with Crippen LogP contribution in [0.5, 0.6) is 0 Å². The predicted molar refractivity (Wildman–Crippen MR) is 203 cm³/mol. The summed E-state index contributed by atoms with van der Waals surface area (Å²) in [7, 11) is -4.29. The molecule has 46 heavy (non-hydrogen) atoms. The number of rotatable bonds is 40. The highest BCUT2D eigenvalue weighted by molar-refractivity contribution is 7.46. The van der Waals surface area contributed by atoms with Crippen LogP contribution in [0.1, 0.15) is 232 Å². The van der Waals surface area contributed by atoms with Gasteiger partial charge in [0.2, 0.25) is 0 Å². The molecule has 0 aromatic rings. The summed E-state index contributed by atoms with van der Waals surface area (Å²) in [6.45, 7) is 8.70. The van der Waals surface area contributed by atoms with Crippen molar-refractivity contribution in [2.45, 2.75) is 232 Å². The molecule has 0 aliphatic heterocycles. The molecule has 0 aliphatic rings. The normalized spacial score (nSPS) is 12.1. The average Bonchev–Trinajstić information content (AvgIpc) is 3.03. The fraction of sp³-hybridized carbons (Fsp3) is 1.00. The van der Waals surface area contributed by atoms with Gasteiger partial charge >= 0.3 is 7.82 Å². The summed E-state index contributed by atoms with van der Waals surface area (Å²) in [5.41, 5.74) is 0. The SMILES string of the molecule is CCCCCCCCCCCCCCN(CCCCCCCCCCCCCC)CCCCCCCCCCCCOP(=O)(O)O. The smallest absolute Gasteiger partial charge is 0.303 e. The topological polar surface area (TPSA) is 70.0 Å². The van der Waals surface area contributed by atoms with E-state index >= 15 is 0 Å². The molecule has 0 bridgehead atoms. The molecule has 0 fully saturated rings. The van der Waals surface area contributed by atoms with Gasteiger partial charge in [-0.25, -0.2) is 4.57 Å². The predicted octanol–water partition coefficient (Wildman–Crippen LogP) is 13.7. The highest BCUT2D eigenvalue weighted by Gasteiger charge is 2.12. The maximum Gasteiger partial charge on any atom is 0.469 e. The van der Waals surface area contributed by atoms with Gasteiger partial charge in [-0.15, -0.1) is 0 Å². The summed E-state index contributed by atoms with van der Waals surface area (Å²) in [4.78, 5) is 20.2. The van der Waals surface area contributed by atoms with Gasteiger partial charge in [0.25, 0.3) is 0 Å². The van der Waals surface area contributed by atoms with Crippen LogP contribution in [-0.4, -0.2) is 40.9 Å². The number of phosphoric ester groups is 1. The van der Waals surface area contributed by atoms with E-state index in [4.69, 9.17) is 9.79 Å². The van der Waals surface area contributed by atoms with Crippen molar-refractivity contribution in [3.8, 4) is 0 Å². The Bertz CT molecular complexity index is 586. The van der Waals surface area contributed by atoms with Gasteiger partial charge in [-0.05, 0) is 45.3 Å². The number of hydrogen-bond acceptors (Lipinski definition) is 3. The maximum absolute atomic E-state index is 10.7. The maximum atomic E-state index is 10.7.